The number of nitrogens with zero attached hydrogens (tertiary/aromatic N) is 2. The largest absolute Gasteiger partial charge is 0.456 e. The summed E-state index contributed by atoms with van der Waals surface area (Å²) in [4.78, 5) is 4.62. The topological polar surface area (TPSA) is 19.6 Å². The molecule has 4 aliphatic carbocycles. The second-order valence-electron chi connectivity index (χ2n) is 16.3. The molecule has 2 atom stereocenters. The van der Waals surface area contributed by atoms with Crippen LogP contribution in [-0.2, 0) is 5.41 Å². The highest BCUT2D eigenvalue weighted by Gasteiger charge is 2.87. The highest BCUT2D eigenvalue weighted by atomic mass is 16.3. The Morgan fingerprint density at radius 3 is 1.43 bits per heavy atom. The number of furan rings is 1. The van der Waals surface area contributed by atoms with E-state index in [0.717, 1.165) is 79.2 Å². The molecule has 0 saturated heterocycles. The van der Waals surface area contributed by atoms with Crippen LogP contribution >= 0.6 is 0 Å². The van der Waals surface area contributed by atoms with Crippen molar-refractivity contribution in [1.82, 2.24) is 0 Å². The fourth-order valence-corrected chi connectivity index (χ4v) is 11.9. The minimum absolute atomic E-state index is 0.510. The molecule has 4 saturated carbocycles. The lowest BCUT2D eigenvalue weighted by atomic mass is 9.12. The lowest BCUT2D eigenvalue weighted by Gasteiger charge is -2.91. The third kappa shape index (κ3) is 4.07. The molecule has 0 N–H and O–H groups in total. The van der Waals surface area contributed by atoms with Gasteiger partial charge < -0.3 is 14.2 Å². The molecule has 54 heavy (non-hydrogen) atoms. The summed E-state index contributed by atoms with van der Waals surface area (Å²) < 4.78 is 6.57. The fourth-order valence-electron chi connectivity index (χ4n) is 11.9. The summed E-state index contributed by atoms with van der Waals surface area (Å²) in [6, 6.07) is 63.6. The van der Waals surface area contributed by atoms with Gasteiger partial charge in [-0.05, 0) is 144 Å². The maximum atomic E-state index is 6.57. The molecule has 260 valence electrons. The van der Waals surface area contributed by atoms with Gasteiger partial charge in [-0.3, -0.25) is 0 Å². The van der Waals surface area contributed by atoms with Crippen LogP contribution in [0.3, 0.4) is 0 Å². The van der Waals surface area contributed by atoms with E-state index in [-0.39, 0.29) is 0 Å². The first-order valence-corrected chi connectivity index (χ1v) is 19.6. The Morgan fingerprint density at radius 2 is 0.889 bits per heavy atom. The standard InChI is InChI=1S/C51H40N2O/c1-4-10-40(11-5-1)52(41-12-6-2-7-13-41)44-25-27-48-47(30-44)46-26-24-45(31-49(46)54-48)53(42-14-8-3-9-15-42)43-22-18-35(19-23-43)34-16-20-36(21-17-34)50-32-38-28-37-29-39(33-50)51(37,38)50/h1-27,30-31,37-39H,28-29,32-33H2. The minimum atomic E-state index is 0.510. The molecule has 1 aromatic heterocycles. The zero-order valence-electron chi connectivity index (χ0n) is 30.1. The Kier molecular flexibility index (Phi) is 6.32. The normalized spacial score (nSPS) is 24.3. The van der Waals surface area contributed by atoms with Gasteiger partial charge in [0.1, 0.15) is 11.2 Å². The molecular formula is C51H40N2O. The van der Waals surface area contributed by atoms with Crippen LogP contribution in [0.25, 0.3) is 33.1 Å². The van der Waals surface area contributed by atoms with Crippen molar-refractivity contribution in [2.45, 2.75) is 31.1 Å². The molecule has 0 amide bonds. The van der Waals surface area contributed by atoms with Crippen molar-refractivity contribution >= 4 is 56.1 Å². The number of para-hydroxylation sites is 3. The molecule has 2 unspecified atom stereocenters. The van der Waals surface area contributed by atoms with Crippen molar-refractivity contribution in [3.63, 3.8) is 0 Å². The molecule has 1 heterocycles. The van der Waals surface area contributed by atoms with Crippen LogP contribution in [0.1, 0.15) is 31.2 Å². The quantitative estimate of drug-likeness (QED) is 0.158. The summed E-state index contributed by atoms with van der Waals surface area (Å²) in [5, 5.41) is 2.20. The number of fused-ring (bicyclic) bond motifs is 3. The van der Waals surface area contributed by atoms with E-state index in [1.807, 2.05) is 0 Å². The Labute approximate surface area is 316 Å². The molecule has 3 nitrogen and oxygen atoms in total. The summed E-state index contributed by atoms with van der Waals surface area (Å²) in [6.07, 6.45) is 5.90. The molecule has 8 aromatic rings. The highest BCUT2D eigenvalue weighted by Crippen LogP contribution is 2.92. The third-order valence-electron chi connectivity index (χ3n) is 14.1. The van der Waals surface area contributed by atoms with Gasteiger partial charge in [0.2, 0.25) is 0 Å². The zero-order valence-corrected chi connectivity index (χ0v) is 30.1. The van der Waals surface area contributed by atoms with Crippen molar-refractivity contribution < 1.29 is 4.42 Å². The first kappa shape index (κ1) is 30.4. The maximum Gasteiger partial charge on any atom is 0.137 e. The van der Waals surface area contributed by atoms with Crippen molar-refractivity contribution in [3.05, 3.63) is 181 Å². The smallest absolute Gasteiger partial charge is 0.137 e. The van der Waals surface area contributed by atoms with E-state index >= 15 is 0 Å². The molecule has 4 fully saturated rings. The summed E-state index contributed by atoms with van der Waals surface area (Å²) in [5.41, 5.74) is 13.7. The Balaban J connectivity index is 0.877. The maximum absolute atomic E-state index is 6.57. The van der Waals surface area contributed by atoms with Crippen molar-refractivity contribution in [1.29, 1.82) is 0 Å². The summed E-state index contributed by atoms with van der Waals surface area (Å²) in [7, 11) is 0. The second-order valence-corrected chi connectivity index (χ2v) is 16.3. The van der Waals surface area contributed by atoms with E-state index in [4.69, 9.17) is 4.42 Å². The number of benzene rings is 7. The molecule has 1 spiro atoms. The van der Waals surface area contributed by atoms with E-state index in [2.05, 4.69) is 186 Å². The number of rotatable bonds is 8. The lowest BCUT2D eigenvalue weighted by molar-refractivity contribution is -0.395. The van der Waals surface area contributed by atoms with E-state index in [1.165, 1.54) is 36.8 Å². The van der Waals surface area contributed by atoms with Gasteiger partial charge in [-0.15, -0.1) is 0 Å². The van der Waals surface area contributed by atoms with Crippen LogP contribution in [0.4, 0.5) is 34.1 Å². The minimum Gasteiger partial charge on any atom is -0.456 e. The number of hydrogen-bond acceptors (Lipinski definition) is 3. The van der Waals surface area contributed by atoms with Gasteiger partial charge in [-0.25, -0.2) is 0 Å². The molecular weight excluding hydrogens is 657 g/mol. The van der Waals surface area contributed by atoms with Gasteiger partial charge in [0.05, 0.1) is 0 Å². The van der Waals surface area contributed by atoms with Gasteiger partial charge >= 0.3 is 0 Å². The molecule has 4 aliphatic rings. The van der Waals surface area contributed by atoms with E-state index in [0.29, 0.717) is 5.41 Å². The van der Waals surface area contributed by atoms with E-state index in [1.54, 1.807) is 5.56 Å². The van der Waals surface area contributed by atoms with Crippen LogP contribution in [0, 0.1) is 23.2 Å². The van der Waals surface area contributed by atoms with Gasteiger partial charge in [0, 0.05) is 56.4 Å². The molecule has 0 bridgehead atoms. The zero-order chi connectivity index (χ0) is 35.4. The van der Waals surface area contributed by atoms with Gasteiger partial charge in [-0.1, -0.05) is 91.0 Å². The predicted octanol–water partition coefficient (Wildman–Crippen LogP) is 13.9. The van der Waals surface area contributed by atoms with Crippen LogP contribution < -0.4 is 9.80 Å². The Morgan fingerprint density at radius 1 is 0.407 bits per heavy atom. The van der Waals surface area contributed by atoms with Crippen molar-refractivity contribution in [3.8, 4) is 11.1 Å². The molecule has 0 radical (unpaired) electrons. The molecule has 7 aromatic carbocycles. The average Bonchev–Trinajstić information content (AvgIpc) is 3.56. The average molecular weight is 697 g/mol. The second kappa shape index (κ2) is 11.2. The summed E-state index contributed by atoms with van der Waals surface area (Å²) >= 11 is 0. The van der Waals surface area contributed by atoms with Gasteiger partial charge in [-0.2, -0.15) is 0 Å². The predicted molar refractivity (Wildman–Crippen MR) is 222 cm³/mol. The van der Waals surface area contributed by atoms with Crippen LogP contribution in [0.2, 0.25) is 0 Å². The van der Waals surface area contributed by atoms with Crippen LogP contribution in [0.5, 0.6) is 0 Å². The summed E-state index contributed by atoms with van der Waals surface area (Å²) in [5.74, 6) is 3.10. The monoisotopic (exact) mass is 696 g/mol. The highest BCUT2D eigenvalue weighted by molar-refractivity contribution is 6.07. The Hall–Kier alpha value is -6.06. The number of hydrogen-bond donors (Lipinski definition) is 0. The van der Waals surface area contributed by atoms with E-state index < -0.39 is 0 Å². The third-order valence-corrected chi connectivity index (χ3v) is 14.1. The van der Waals surface area contributed by atoms with Crippen LogP contribution in [0.15, 0.2) is 180 Å². The van der Waals surface area contributed by atoms with Crippen molar-refractivity contribution in [2.24, 2.45) is 23.2 Å². The first-order valence-electron chi connectivity index (χ1n) is 19.6. The first-order chi connectivity index (χ1) is 26.7. The van der Waals surface area contributed by atoms with E-state index in [9.17, 15) is 0 Å². The van der Waals surface area contributed by atoms with Gasteiger partial charge in [0.15, 0.2) is 0 Å². The molecule has 3 heteroatoms. The van der Waals surface area contributed by atoms with Crippen LogP contribution in [-0.4, -0.2) is 0 Å². The molecule has 12 rings (SSSR count). The summed E-state index contributed by atoms with van der Waals surface area (Å²) in [6.45, 7) is 0. The van der Waals surface area contributed by atoms with Crippen molar-refractivity contribution in [2.75, 3.05) is 9.80 Å². The van der Waals surface area contributed by atoms with Gasteiger partial charge in [0.25, 0.3) is 0 Å². The SMILES string of the molecule is c1ccc(N(c2ccc(-c3ccc(C45CC6CC7CC(C4)C765)cc3)cc2)c2ccc3c(c2)oc2ccc(N(c4ccccc4)c4ccccc4)cc23)cc1. The Bertz CT molecular complexity index is 2620. The lowest BCUT2D eigenvalue weighted by Crippen LogP contribution is -2.87. The number of anilines is 6. The fraction of sp³-hybridized carbons (Fsp3) is 0.176. The molecule has 0 aliphatic heterocycles.